The van der Waals surface area contributed by atoms with Crippen LogP contribution in [-0.2, 0) is 4.79 Å². The smallest absolute Gasteiger partial charge is 0.287 e. The standard InChI is InChI=1S/C19H21ClN2O4/c1-13(26-16-6-4-14(20)5-7-16)19(24)22-10-8-15(9-11-22)21-18(23)17-3-2-12-25-17/h2-7,12-13,15H,8-11H2,1H3,(H,21,23). The molecule has 0 aliphatic carbocycles. The summed E-state index contributed by atoms with van der Waals surface area (Å²) in [5.74, 6) is 0.624. The van der Waals surface area contributed by atoms with Crippen molar-refractivity contribution in [2.24, 2.45) is 0 Å². The topological polar surface area (TPSA) is 71.8 Å². The third-order valence-electron chi connectivity index (χ3n) is 4.36. The maximum Gasteiger partial charge on any atom is 0.287 e. The number of carbonyl (C=O) groups excluding carboxylic acids is 2. The Hall–Kier alpha value is -2.47. The number of halogens is 1. The van der Waals surface area contributed by atoms with Gasteiger partial charge in [-0.3, -0.25) is 9.59 Å². The van der Waals surface area contributed by atoms with Crippen molar-refractivity contribution in [2.75, 3.05) is 13.1 Å². The van der Waals surface area contributed by atoms with E-state index in [-0.39, 0.29) is 17.9 Å². The van der Waals surface area contributed by atoms with Crippen molar-refractivity contribution in [1.82, 2.24) is 10.2 Å². The first kappa shape index (κ1) is 18.3. The van der Waals surface area contributed by atoms with E-state index in [1.807, 2.05) is 0 Å². The second-order valence-corrected chi connectivity index (χ2v) is 6.70. The van der Waals surface area contributed by atoms with Crippen molar-refractivity contribution in [2.45, 2.75) is 31.9 Å². The molecule has 2 heterocycles. The molecule has 1 aromatic carbocycles. The van der Waals surface area contributed by atoms with Gasteiger partial charge in [-0.2, -0.15) is 0 Å². The fraction of sp³-hybridized carbons (Fsp3) is 0.368. The van der Waals surface area contributed by atoms with E-state index < -0.39 is 6.10 Å². The highest BCUT2D eigenvalue weighted by Crippen LogP contribution is 2.19. The Morgan fingerprint density at radius 3 is 2.54 bits per heavy atom. The number of furan rings is 1. The van der Waals surface area contributed by atoms with Crippen LogP contribution in [0.4, 0.5) is 0 Å². The summed E-state index contributed by atoms with van der Waals surface area (Å²) in [7, 11) is 0. The first-order valence-electron chi connectivity index (χ1n) is 8.58. The molecule has 6 nitrogen and oxygen atoms in total. The number of hydrogen-bond acceptors (Lipinski definition) is 4. The molecule has 138 valence electrons. The number of ether oxygens (including phenoxy) is 1. The molecule has 3 rings (SSSR count). The fourth-order valence-electron chi connectivity index (χ4n) is 2.93. The highest BCUT2D eigenvalue weighted by atomic mass is 35.5. The van der Waals surface area contributed by atoms with E-state index >= 15 is 0 Å². The summed E-state index contributed by atoms with van der Waals surface area (Å²) >= 11 is 5.85. The summed E-state index contributed by atoms with van der Waals surface area (Å²) in [6.07, 6.45) is 2.29. The van der Waals surface area contributed by atoms with Crippen molar-refractivity contribution in [1.29, 1.82) is 0 Å². The van der Waals surface area contributed by atoms with Gasteiger partial charge >= 0.3 is 0 Å². The molecule has 1 N–H and O–H groups in total. The minimum atomic E-state index is -0.578. The molecule has 0 saturated carbocycles. The molecular weight excluding hydrogens is 356 g/mol. The van der Waals surface area contributed by atoms with Gasteiger partial charge in [0.1, 0.15) is 5.75 Å². The van der Waals surface area contributed by atoms with Crippen molar-refractivity contribution >= 4 is 23.4 Å². The number of rotatable bonds is 5. The lowest BCUT2D eigenvalue weighted by Gasteiger charge is -2.33. The van der Waals surface area contributed by atoms with E-state index in [0.29, 0.717) is 42.5 Å². The first-order chi connectivity index (χ1) is 12.5. The summed E-state index contributed by atoms with van der Waals surface area (Å²) in [5.41, 5.74) is 0. The van der Waals surface area contributed by atoms with Gasteiger partial charge in [0.2, 0.25) is 0 Å². The van der Waals surface area contributed by atoms with E-state index in [2.05, 4.69) is 5.32 Å². The number of nitrogens with one attached hydrogen (secondary N) is 1. The number of benzene rings is 1. The lowest BCUT2D eigenvalue weighted by molar-refractivity contribution is -0.139. The predicted octanol–water partition coefficient (Wildman–Crippen LogP) is 3.12. The van der Waals surface area contributed by atoms with Crippen LogP contribution in [0, 0.1) is 0 Å². The van der Waals surface area contributed by atoms with E-state index in [1.54, 1.807) is 48.2 Å². The van der Waals surface area contributed by atoms with Crippen molar-refractivity contribution in [3.63, 3.8) is 0 Å². The van der Waals surface area contributed by atoms with Gasteiger partial charge in [-0.15, -0.1) is 0 Å². The van der Waals surface area contributed by atoms with Gasteiger partial charge in [-0.05, 0) is 56.2 Å². The van der Waals surface area contributed by atoms with Gasteiger partial charge in [-0.25, -0.2) is 0 Å². The molecule has 0 bridgehead atoms. The number of piperidine rings is 1. The average Bonchev–Trinajstić information content (AvgIpc) is 3.18. The molecule has 1 saturated heterocycles. The Morgan fingerprint density at radius 1 is 1.23 bits per heavy atom. The minimum absolute atomic E-state index is 0.0316. The molecule has 1 fully saturated rings. The first-order valence-corrected chi connectivity index (χ1v) is 8.96. The van der Waals surface area contributed by atoms with Gasteiger partial charge < -0.3 is 19.4 Å². The van der Waals surface area contributed by atoms with E-state index in [4.69, 9.17) is 20.8 Å². The highest BCUT2D eigenvalue weighted by Gasteiger charge is 2.28. The van der Waals surface area contributed by atoms with Gasteiger partial charge in [0, 0.05) is 24.2 Å². The van der Waals surface area contributed by atoms with E-state index in [1.165, 1.54) is 6.26 Å². The molecule has 0 spiro atoms. The van der Waals surface area contributed by atoms with Crippen molar-refractivity contribution < 1.29 is 18.7 Å². The summed E-state index contributed by atoms with van der Waals surface area (Å²) in [6.45, 7) is 2.90. The number of likely N-dealkylation sites (tertiary alicyclic amines) is 1. The molecule has 1 aromatic heterocycles. The molecule has 26 heavy (non-hydrogen) atoms. The van der Waals surface area contributed by atoms with Gasteiger partial charge in [0.25, 0.3) is 11.8 Å². The lowest BCUT2D eigenvalue weighted by atomic mass is 10.0. The summed E-state index contributed by atoms with van der Waals surface area (Å²) in [4.78, 5) is 26.3. The van der Waals surface area contributed by atoms with Crippen LogP contribution in [0.1, 0.15) is 30.3 Å². The van der Waals surface area contributed by atoms with Crippen LogP contribution >= 0.6 is 11.6 Å². The van der Waals surface area contributed by atoms with Crippen LogP contribution in [0.25, 0.3) is 0 Å². The highest BCUT2D eigenvalue weighted by molar-refractivity contribution is 6.30. The predicted molar refractivity (Wildman–Crippen MR) is 97.3 cm³/mol. The van der Waals surface area contributed by atoms with Crippen LogP contribution in [0.2, 0.25) is 5.02 Å². The fourth-order valence-corrected chi connectivity index (χ4v) is 3.06. The largest absolute Gasteiger partial charge is 0.481 e. The zero-order valence-electron chi connectivity index (χ0n) is 14.5. The Kier molecular flexibility index (Phi) is 5.83. The quantitative estimate of drug-likeness (QED) is 0.870. The van der Waals surface area contributed by atoms with Crippen LogP contribution in [0.15, 0.2) is 47.1 Å². The Bertz CT molecular complexity index is 737. The molecule has 1 aliphatic rings. The number of hydrogen-bond donors (Lipinski definition) is 1. The average molecular weight is 377 g/mol. The molecule has 0 radical (unpaired) electrons. The third-order valence-corrected chi connectivity index (χ3v) is 4.61. The number of amides is 2. The van der Waals surface area contributed by atoms with Crippen LogP contribution in [-0.4, -0.2) is 41.9 Å². The molecule has 1 unspecified atom stereocenters. The Labute approximate surface area is 157 Å². The van der Waals surface area contributed by atoms with Gasteiger partial charge in [-0.1, -0.05) is 11.6 Å². The monoisotopic (exact) mass is 376 g/mol. The van der Waals surface area contributed by atoms with Crippen LogP contribution in [0.3, 0.4) is 0 Å². The summed E-state index contributed by atoms with van der Waals surface area (Å²) in [5, 5.41) is 3.56. The Balaban J connectivity index is 1.47. The van der Waals surface area contributed by atoms with E-state index in [0.717, 1.165) is 0 Å². The number of nitrogens with zero attached hydrogens (tertiary/aromatic N) is 1. The lowest BCUT2D eigenvalue weighted by Crippen LogP contribution is -2.49. The SMILES string of the molecule is CC(Oc1ccc(Cl)cc1)C(=O)N1CCC(NC(=O)c2ccco2)CC1. The van der Waals surface area contributed by atoms with Crippen LogP contribution in [0.5, 0.6) is 5.75 Å². The Morgan fingerprint density at radius 2 is 1.92 bits per heavy atom. The zero-order valence-corrected chi connectivity index (χ0v) is 15.2. The molecular formula is C19H21ClN2O4. The van der Waals surface area contributed by atoms with Crippen molar-refractivity contribution in [3.8, 4) is 5.75 Å². The number of carbonyl (C=O) groups is 2. The molecule has 2 amide bonds. The van der Waals surface area contributed by atoms with Gasteiger partial charge in [0.15, 0.2) is 11.9 Å². The summed E-state index contributed by atoms with van der Waals surface area (Å²) in [6, 6.07) is 10.3. The molecule has 1 atom stereocenters. The molecule has 1 aliphatic heterocycles. The summed E-state index contributed by atoms with van der Waals surface area (Å²) < 4.78 is 10.8. The normalized spacial score (nSPS) is 16.2. The maximum atomic E-state index is 12.6. The molecule has 7 heteroatoms. The minimum Gasteiger partial charge on any atom is -0.481 e. The third kappa shape index (κ3) is 4.58. The second kappa shape index (κ2) is 8.27. The zero-order chi connectivity index (χ0) is 18.5. The van der Waals surface area contributed by atoms with Crippen LogP contribution < -0.4 is 10.1 Å². The van der Waals surface area contributed by atoms with Gasteiger partial charge in [0.05, 0.1) is 6.26 Å². The maximum absolute atomic E-state index is 12.6. The van der Waals surface area contributed by atoms with Crippen molar-refractivity contribution in [3.05, 3.63) is 53.4 Å². The van der Waals surface area contributed by atoms with E-state index in [9.17, 15) is 9.59 Å². The second-order valence-electron chi connectivity index (χ2n) is 6.26. The molecule has 2 aromatic rings.